The lowest BCUT2D eigenvalue weighted by Crippen LogP contribution is -2.43. The van der Waals surface area contributed by atoms with Gasteiger partial charge in [-0.15, -0.1) is 0 Å². The summed E-state index contributed by atoms with van der Waals surface area (Å²) in [5.74, 6) is 1.43. The second-order valence-corrected chi connectivity index (χ2v) is 7.52. The van der Waals surface area contributed by atoms with Crippen molar-refractivity contribution in [2.75, 3.05) is 40.0 Å². The van der Waals surface area contributed by atoms with Crippen LogP contribution < -0.4 is 10.6 Å². The molecule has 0 radical (unpaired) electrons. The number of hydrogen-bond acceptors (Lipinski definition) is 3. The van der Waals surface area contributed by atoms with Crippen LogP contribution in [-0.2, 0) is 9.47 Å². The molecule has 2 heterocycles. The number of guanidine groups is 1. The molecule has 0 aromatic heterocycles. The molecule has 0 aliphatic carbocycles. The minimum absolute atomic E-state index is 0.190. The summed E-state index contributed by atoms with van der Waals surface area (Å²) in [7, 11) is 1.83. The highest BCUT2D eigenvalue weighted by molar-refractivity contribution is 5.79. The number of rotatable bonds is 5. The van der Waals surface area contributed by atoms with E-state index in [0.29, 0.717) is 12.0 Å². The van der Waals surface area contributed by atoms with Crippen molar-refractivity contribution >= 4 is 5.96 Å². The summed E-state index contributed by atoms with van der Waals surface area (Å²) >= 11 is 0. The van der Waals surface area contributed by atoms with Gasteiger partial charge in [-0.05, 0) is 24.7 Å². The van der Waals surface area contributed by atoms with Crippen molar-refractivity contribution in [3.8, 4) is 0 Å². The zero-order valence-corrected chi connectivity index (χ0v) is 15.2. The van der Waals surface area contributed by atoms with Gasteiger partial charge in [0.05, 0.1) is 19.3 Å². The number of nitrogens with zero attached hydrogens (tertiary/aromatic N) is 1. The van der Waals surface area contributed by atoms with Crippen LogP contribution in [0.2, 0.25) is 0 Å². The van der Waals surface area contributed by atoms with Crippen LogP contribution in [0.15, 0.2) is 16.6 Å². The number of aliphatic imine (C=N–C) groups is 1. The summed E-state index contributed by atoms with van der Waals surface area (Å²) in [5.41, 5.74) is 1.67. The second kappa shape index (κ2) is 8.69. The summed E-state index contributed by atoms with van der Waals surface area (Å²) in [5, 5.41) is 6.88. The Balaban J connectivity index is 1.71. The van der Waals surface area contributed by atoms with Crippen molar-refractivity contribution in [1.29, 1.82) is 0 Å². The predicted octanol–water partition coefficient (Wildman–Crippen LogP) is 2.34. The summed E-state index contributed by atoms with van der Waals surface area (Å²) in [6.45, 7) is 11.1. The van der Waals surface area contributed by atoms with Crippen LogP contribution in [0.1, 0.15) is 40.0 Å². The van der Waals surface area contributed by atoms with Gasteiger partial charge in [0.2, 0.25) is 0 Å². The molecule has 132 valence electrons. The van der Waals surface area contributed by atoms with E-state index < -0.39 is 0 Å². The first kappa shape index (κ1) is 18.3. The highest BCUT2D eigenvalue weighted by Crippen LogP contribution is 2.34. The molecule has 1 fully saturated rings. The molecular formula is C18H33N3O2. The summed E-state index contributed by atoms with van der Waals surface area (Å²) < 4.78 is 11.3. The molecular weight excluding hydrogens is 290 g/mol. The first-order chi connectivity index (χ1) is 11.0. The van der Waals surface area contributed by atoms with Gasteiger partial charge in [-0.2, -0.15) is 0 Å². The monoisotopic (exact) mass is 323 g/mol. The van der Waals surface area contributed by atoms with Crippen LogP contribution in [0.4, 0.5) is 0 Å². The standard InChI is InChI=1S/C18H33N3O2/c1-18(2,3)16-15(8-12-23-16)13-21-17(19-4)20-9-5-14-6-10-22-11-7-14/h6,15-16H,5,7-13H2,1-4H3,(H2,19,20,21)/t15-,16-/m0/s1. The maximum absolute atomic E-state index is 5.94. The van der Waals surface area contributed by atoms with Crippen LogP contribution in [-0.4, -0.2) is 52.0 Å². The van der Waals surface area contributed by atoms with Gasteiger partial charge in [0.25, 0.3) is 0 Å². The SMILES string of the molecule is CN=C(NCCC1=CCOCC1)NC[C@@H]1CCO[C@@H]1C(C)(C)C. The van der Waals surface area contributed by atoms with Gasteiger partial charge >= 0.3 is 0 Å². The summed E-state index contributed by atoms with van der Waals surface area (Å²) in [6, 6.07) is 0. The van der Waals surface area contributed by atoms with E-state index in [1.165, 1.54) is 5.57 Å². The smallest absolute Gasteiger partial charge is 0.190 e. The Bertz CT molecular complexity index is 426. The fourth-order valence-electron chi connectivity index (χ4n) is 3.38. The van der Waals surface area contributed by atoms with E-state index in [4.69, 9.17) is 9.47 Å². The maximum Gasteiger partial charge on any atom is 0.190 e. The molecule has 0 bridgehead atoms. The minimum Gasteiger partial charge on any atom is -0.377 e. The van der Waals surface area contributed by atoms with Crippen LogP contribution >= 0.6 is 0 Å². The molecule has 23 heavy (non-hydrogen) atoms. The van der Waals surface area contributed by atoms with Crippen molar-refractivity contribution in [3.05, 3.63) is 11.6 Å². The number of ether oxygens (including phenoxy) is 2. The quantitative estimate of drug-likeness (QED) is 0.463. The Morgan fingerprint density at radius 1 is 1.30 bits per heavy atom. The van der Waals surface area contributed by atoms with E-state index in [1.54, 1.807) is 0 Å². The first-order valence-corrected chi connectivity index (χ1v) is 8.82. The second-order valence-electron chi connectivity index (χ2n) is 7.52. The van der Waals surface area contributed by atoms with Gasteiger partial charge in [0, 0.05) is 32.7 Å². The van der Waals surface area contributed by atoms with Crippen molar-refractivity contribution in [2.24, 2.45) is 16.3 Å². The van der Waals surface area contributed by atoms with Crippen molar-refractivity contribution < 1.29 is 9.47 Å². The molecule has 0 saturated carbocycles. The van der Waals surface area contributed by atoms with E-state index in [0.717, 1.165) is 58.1 Å². The Kier molecular flexibility index (Phi) is 6.90. The molecule has 2 N–H and O–H groups in total. The van der Waals surface area contributed by atoms with Gasteiger partial charge in [-0.3, -0.25) is 4.99 Å². The molecule has 0 unspecified atom stereocenters. The first-order valence-electron chi connectivity index (χ1n) is 8.82. The zero-order valence-electron chi connectivity index (χ0n) is 15.2. The molecule has 0 spiro atoms. The van der Waals surface area contributed by atoms with Crippen LogP contribution in [0.5, 0.6) is 0 Å². The van der Waals surface area contributed by atoms with Gasteiger partial charge in [0.1, 0.15) is 0 Å². The van der Waals surface area contributed by atoms with Gasteiger partial charge in [0.15, 0.2) is 5.96 Å². The molecule has 2 aliphatic heterocycles. The Morgan fingerprint density at radius 3 is 2.78 bits per heavy atom. The topological polar surface area (TPSA) is 54.9 Å². The third-order valence-corrected chi connectivity index (χ3v) is 4.62. The molecule has 2 atom stereocenters. The van der Waals surface area contributed by atoms with Crippen LogP contribution in [0.3, 0.4) is 0 Å². The van der Waals surface area contributed by atoms with E-state index in [1.807, 2.05) is 7.05 Å². The molecule has 0 aromatic rings. The fraction of sp³-hybridized carbons (Fsp3) is 0.833. The molecule has 1 saturated heterocycles. The average Bonchev–Trinajstić information content (AvgIpc) is 3.00. The van der Waals surface area contributed by atoms with Crippen LogP contribution in [0.25, 0.3) is 0 Å². The molecule has 2 aliphatic rings. The van der Waals surface area contributed by atoms with Gasteiger partial charge in [-0.1, -0.05) is 32.4 Å². The lowest BCUT2D eigenvalue weighted by atomic mass is 9.81. The van der Waals surface area contributed by atoms with Crippen LogP contribution in [0, 0.1) is 11.3 Å². The van der Waals surface area contributed by atoms with E-state index in [2.05, 4.69) is 42.5 Å². The molecule has 0 amide bonds. The minimum atomic E-state index is 0.190. The normalized spacial score (nSPS) is 26.1. The largest absolute Gasteiger partial charge is 0.377 e. The molecule has 5 nitrogen and oxygen atoms in total. The number of nitrogens with one attached hydrogen (secondary N) is 2. The maximum atomic E-state index is 5.94. The molecule has 0 aromatic carbocycles. The van der Waals surface area contributed by atoms with E-state index >= 15 is 0 Å². The van der Waals surface area contributed by atoms with E-state index in [9.17, 15) is 0 Å². The van der Waals surface area contributed by atoms with E-state index in [-0.39, 0.29) is 5.41 Å². The fourth-order valence-corrected chi connectivity index (χ4v) is 3.38. The zero-order chi connectivity index (χ0) is 16.7. The Morgan fingerprint density at radius 2 is 2.13 bits per heavy atom. The van der Waals surface area contributed by atoms with Crippen molar-refractivity contribution in [2.45, 2.75) is 46.1 Å². The van der Waals surface area contributed by atoms with Gasteiger partial charge < -0.3 is 20.1 Å². The lowest BCUT2D eigenvalue weighted by Gasteiger charge is -2.31. The summed E-state index contributed by atoms with van der Waals surface area (Å²) in [6.07, 6.45) is 5.76. The molecule has 2 rings (SSSR count). The Hall–Kier alpha value is -1.07. The van der Waals surface area contributed by atoms with Crippen molar-refractivity contribution in [1.82, 2.24) is 10.6 Å². The van der Waals surface area contributed by atoms with Crippen molar-refractivity contribution in [3.63, 3.8) is 0 Å². The predicted molar refractivity (Wildman–Crippen MR) is 94.8 cm³/mol. The average molecular weight is 323 g/mol. The highest BCUT2D eigenvalue weighted by atomic mass is 16.5. The number of hydrogen-bond donors (Lipinski definition) is 2. The molecule has 5 heteroatoms. The third kappa shape index (κ3) is 5.81. The Labute approximate surface area is 140 Å². The lowest BCUT2D eigenvalue weighted by molar-refractivity contribution is 0.00801. The highest BCUT2D eigenvalue weighted by Gasteiger charge is 2.37. The van der Waals surface area contributed by atoms with Gasteiger partial charge in [-0.25, -0.2) is 0 Å². The third-order valence-electron chi connectivity index (χ3n) is 4.62. The summed E-state index contributed by atoms with van der Waals surface area (Å²) in [4.78, 5) is 4.33.